The lowest BCUT2D eigenvalue weighted by Crippen LogP contribution is -2.61. The Kier molecular flexibility index (Phi) is 19.8. The van der Waals surface area contributed by atoms with Gasteiger partial charge in [0.25, 0.3) is 5.91 Å². The van der Waals surface area contributed by atoms with Crippen molar-refractivity contribution in [2.24, 2.45) is 17.8 Å². The van der Waals surface area contributed by atoms with Crippen LogP contribution < -0.4 is 42.2 Å². The van der Waals surface area contributed by atoms with Gasteiger partial charge in [-0.3, -0.25) is 24.6 Å². The van der Waals surface area contributed by atoms with Gasteiger partial charge in [0, 0.05) is 6.42 Å². The van der Waals surface area contributed by atoms with E-state index in [-0.39, 0.29) is 37.2 Å². The minimum atomic E-state index is -1.26. The van der Waals surface area contributed by atoms with E-state index < -0.39 is 71.9 Å². The van der Waals surface area contributed by atoms with Gasteiger partial charge in [-0.25, -0.2) is 19.8 Å². The van der Waals surface area contributed by atoms with E-state index in [1.165, 1.54) is 21.1 Å². The molecule has 0 aliphatic heterocycles. The zero-order valence-electron chi connectivity index (χ0n) is 34.2. The Bertz CT molecular complexity index is 1640. The van der Waals surface area contributed by atoms with Crippen LogP contribution in [0.5, 0.6) is 5.75 Å². The number of hydrazine groups is 1. The summed E-state index contributed by atoms with van der Waals surface area (Å²) in [7, 11) is 2.72. The van der Waals surface area contributed by atoms with Crippen molar-refractivity contribution in [3.63, 3.8) is 0 Å². The lowest BCUT2D eigenvalue weighted by atomic mass is 9.97. The van der Waals surface area contributed by atoms with Crippen LogP contribution in [0, 0.1) is 17.8 Å². The lowest BCUT2D eigenvalue weighted by molar-refractivity contribution is -0.146. The Morgan fingerprint density at radius 1 is 0.632 bits per heavy atom. The molecule has 17 nitrogen and oxygen atoms in total. The maximum absolute atomic E-state index is 13.8. The molecule has 6 unspecified atom stereocenters. The van der Waals surface area contributed by atoms with Gasteiger partial charge in [0.05, 0.1) is 14.2 Å². The second-order valence-corrected chi connectivity index (χ2v) is 14.4. The highest BCUT2D eigenvalue weighted by molar-refractivity contribution is 5.95. The summed E-state index contributed by atoms with van der Waals surface area (Å²) in [4.78, 5) is 91.6. The number of hydrogen-bond acceptors (Lipinski definition) is 10. The van der Waals surface area contributed by atoms with Gasteiger partial charge in [-0.2, -0.15) is 0 Å². The number of methoxy groups -OCH3 is 2. The van der Waals surface area contributed by atoms with Crippen molar-refractivity contribution in [3.8, 4) is 5.75 Å². The normalized spacial score (nSPS) is 14.0. The first-order valence-corrected chi connectivity index (χ1v) is 18.9. The Balaban J connectivity index is 2.19. The number of rotatable bonds is 20. The molecule has 0 aliphatic rings. The van der Waals surface area contributed by atoms with E-state index in [2.05, 4.69) is 37.4 Å². The maximum Gasteiger partial charge on any atom is 0.408 e. The molecule has 0 radical (unpaired) electrons. The minimum absolute atomic E-state index is 0.00288. The summed E-state index contributed by atoms with van der Waals surface area (Å²) in [5.41, 5.74) is 5.95. The molecule has 6 atom stereocenters. The first-order valence-electron chi connectivity index (χ1n) is 18.9. The fourth-order valence-electron chi connectivity index (χ4n) is 5.44. The molecule has 0 fully saturated rings. The van der Waals surface area contributed by atoms with Crippen LogP contribution in [0.2, 0.25) is 0 Å². The van der Waals surface area contributed by atoms with Crippen molar-refractivity contribution in [2.45, 2.75) is 105 Å². The van der Waals surface area contributed by atoms with Gasteiger partial charge in [-0.05, 0) is 54.4 Å². The van der Waals surface area contributed by atoms with Crippen LogP contribution in [0.4, 0.5) is 9.59 Å². The van der Waals surface area contributed by atoms with E-state index in [4.69, 9.17) is 14.2 Å². The van der Waals surface area contributed by atoms with E-state index >= 15 is 0 Å². The molecular weight excluding hydrogens is 738 g/mol. The summed E-state index contributed by atoms with van der Waals surface area (Å²) in [6.07, 6.45) is -0.170. The smallest absolute Gasteiger partial charge is 0.408 e. The molecule has 7 amide bonds. The summed E-state index contributed by atoms with van der Waals surface area (Å²) in [6, 6.07) is 9.37. The molecule has 0 bridgehead atoms. The summed E-state index contributed by atoms with van der Waals surface area (Å²) in [6.45, 7) is 12.2. The molecule has 0 saturated heterocycles. The van der Waals surface area contributed by atoms with Crippen molar-refractivity contribution >= 4 is 41.7 Å². The van der Waals surface area contributed by atoms with Gasteiger partial charge in [0.15, 0.2) is 0 Å². The summed E-state index contributed by atoms with van der Waals surface area (Å²) in [5.74, 6) is -3.58. The maximum atomic E-state index is 13.8. The quantitative estimate of drug-likeness (QED) is 0.0765. The van der Waals surface area contributed by atoms with E-state index in [9.17, 15) is 33.6 Å². The van der Waals surface area contributed by atoms with Gasteiger partial charge in [-0.15, -0.1) is 0 Å². The van der Waals surface area contributed by atoms with Crippen LogP contribution in [0.1, 0.15) is 72.4 Å². The molecule has 2 aromatic rings. The summed E-state index contributed by atoms with van der Waals surface area (Å²) >= 11 is 0. The average Bonchev–Trinajstić information content (AvgIpc) is 3.19. The number of carbonyl (C=O) groups is 7. The molecule has 314 valence electrons. The number of nitrogens with one attached hydrogen (secondary N) is 7. The van der Waals surface area contributed by atoms with Crippen LogP contribution in [-0.2, 0) is 46.5 Å². The molecule has 2 aromatic carbocycles. The number of ether oxygens (including phenoxy) is 3. The second-order valence-electron chi connectivity index (χ2n) is 14.4. The molecule has 0 heterocycles. The number of benzene rings is 2. The fraction of sp³-hybridized carbons (Fsp3) is 0.525. The third-order valence-corrected chi connectivity index (χ3v) is 9.01. The third kappa shape index (κ3) is 16.4. The molecule has 0 aliphatic carbocycles. The number of urea groups is 1. The molecule has 17 heteroatoms. The highest BCUT2D eigenvalue weighted by Gasteiger charge is 2.33. The highest BCUT2D eigenvalue weighted by atomic mass is 16.5. The predicted molar refractivity (Wildman–Crippen MR) is 211 cm³/mol. The van der Waals surface area contributed by atoms with Crippen LogP contribution in [0.3, 0.4) is 0 Å². The predicted octanol–water partition coefficient (Wildman–Crippen LogP) is 2.63. The van der Waals surface area contributed by atoms with Crippen LogP contribution in [0.25, 0.3) is 0 Å². The Hall–Kier alpha value is -5.87. The van der Waals surface area contributed by atoms with Crippen LogP contribution in [0.15, 0.2) is 54.6 Å². The third-order valence-electron chi connectivity index (χ3n) is 9.01. The molecule has 0 spiro atoms. The topological polar surface area (TPSA) is 231 Å². The first-order chi connectivity index (χ1) is 27.0. The molecule has 57 heavy (non-hydrogen) atoms. The second kappa shape index (κ2) is 23.9. The first kappa shape index (κ1) is 47.3. The van der Waals surface area contributed by atoms with Crippen molar-refractivity contribution in [1.29, 1.82) is 0 Å². The zero-order valence-corrected chi connectivity index (χ0v) is 34.2. The molecule has 0 aromatic heterocycles. The average molecular weight is 798 g/mol. The van der Waals surface area contributed by atoms with Crippen molar-refractivity contribution in [3.05, 3.63) is 65.7 Å². The molecule has 2 rings (SSSR count). The summed E-state index contributed by atoms with van der Waals surface area (Å²) in [5, 5.41) is 13.0. The van der Waals surface area contributed by atoms with Crippen molar-refractivity contribution in [1.82, 2.24) is 37.4 Å². The number of esters is 1. The van der Waals surface area contributed by atoms with E-state index in [0.717, 1.165) is 5.56 Å². The largest absolute Gasteiger partial charge is 0.497 e. The number of hydrogen-bond donors (Lipinski definition) is 7. The number of amides is 7. The van der Waals surface area contributed by atoms with Gasteiger partial charge in [0.2, 0.25) is 17.7 Å². The van der Waals surface area contributed by atoms with Gasteiger partial charge < -0.3 is 40.8 Å². The Labute approximate surface area is 334 Å². The van der Waals surface area contributed by atoms with Crippen molar-refractivity contribution < 1.29 is 47.8 Å². The van der Waals surface area contributed by atoms with Gasteiger partial charge >= 0.3 is 18.1 Å². The Morgan fingerprint density at radius 3 is 1.82 bits per heavy atom. The van der Waals surface area contributed by atoms with E-state index in [1.807, 2.05) is 26.8 Å². The highest BCUT2D eigenvalue weighted by Crippen LogP contribution is 2.14. The monoisotopic (exact) mass is 797 g/mol. The minimum Gasteiger partial charge on any atom is -0.497 e. The number of carbonyl (C=O) groups excluding carboxylic acids is 7. The zero-order chi connectivity index (χ0) is 42.7. The van der Waals surface area contributed by atoms with Crippen LogP contribution in [-0.4, -0.2) is 86.2 Å². The van der Waals surface area contributed by atoms with Gasteiger partial charge in [-0.1, -0.05) is 90.4 Å². The standard InChI is InChI=1S/C40H59N7O10/c1-10-25(6)33(37(51)44-32(24(4)5)38(52)56-9)45-39(53)47-46-36(50)31(21-27-16-18-29(55-8)19-17-27)43-35(49)30(20-23(2)3)42-34(48)26(7)41-40(54)57-22-28-14-12-11-13-15-28/h11-19,23-26,30-33H,10,20-22H2,1-9H3,(H,41,54)(H,42,48)(H,43,49)(H,44,51)(H,46,50)(H2,45,47,53). The van der Waals surface area contributed by atoms with Gasteiger partial charge in [0.1, 0.15) is 42.6 Å². The lowest BCUT2D eigenvalue weighted by Gasteiger charge is -2.27. The van der Waals surface area contributed by atoms with E-state index in [0.29, 0.717) is 17.7 Å². The molecule has 0 saturated carbocycles. The fourth-order valence-corrected chi connectivity index (χ4v) is 5.44. The van der Waals surface area contributed by atoms with E-state index in [1.54, 1.807) is 69.3 Å². The molecular formula is C40H59N7O10. The van der Waals surface area contributed by atoms with Crippen molar-refractivity contribution in [2.75, 3.05) is 14.2 Å². The van der Waals surface area contributed by atoms with Crippen LogP contribution >= 0.6 is 0 Å². The SMILES string of the molecule is CCC(C)C(NC(=O)NNC(=O)C(Cc1ccc(OC)cc1)NC(=O)C(CC(C)C)NC(=O)C(C)NC(=O)OCc1ccccc1)C(=O)NC(C(=O)OC)C(C)C. The summed E-state index contributed by atoms with van der Waals surface area (Å²) < 4.78 is 15.2. The number of alkyl carbamates (subject to hydrolysis) is 1. The molecule has 7 N–H and O–H groups in total. The Morgan fingerprint density at radius 2 is 1.26 bits per heavy atom.